The summed E-state index contributed by atoms with van der Waals surface area (Å²) in [5.74, 6) is -0.596. The number of carbonyl (C=O) groups excluding carboxylic acids is 1. The Hall–Kier alpha value is -2.95. The fraction of sp³-hybridized carbons (Fsp3) is 0.320. The maximum absolute atomic E-state index is 13.3. The molecule has 1 aromatic heterocycles. The molecule has 0 saturated carbocycles. The van der Waals surface area contributed by atoms with Crippen molar-refractivity contribution < 1.29 is 22.3 Å². The minimum Gasteiger partial charge on any atom is -0.377 e. The molecular formula is C25H28FN3O4S2. The molecule has 35 heavy (non-hydrogen) atoms. The Morgan fingerprint density at radius 1 is 1.17 bits per heavy atom. The van der Waals surface area contributed by atoms with Gasteiger partial charge in [-0.05, 0) is 72.3 Å². The Morgan fingerprint density at radius 3 is 2.57 bits per heavy atom. The zero-order valence-corrected chi connectivity index (χ0v) is 21.2. The van der Waals surface area contributed by atoms with Gasteiger partial charge in [-0.15, -0.1) is 11.3 Å². The third-order valence-corrected chi connectivity index (χ3v) is 8.02. The molecule has 0 radical (unpaired) electrons. The first-order valence-electron chi connectivity index (χ1n) is 11.3. The molecule has 4 rings (SSSR count). The van der Waals surface area contributed by atoms with Gasteiger partial charge in [-0.2, -0.15) is 0 Å². The van der Waals surface area contributed by atoms with E-state index >= 15 is 0 Å². The highest BCUT2D eigenvalue weighted by Crippen LogP contribution is 2.28. The zero-order chi connectivity index (χ0) is 25.0. The van der Waals surface area contributed by atoms with Crippen molar-refractivity contribution in [3.05, 3.63) is 76.2 Å². The number of nitrogens with one attached hydrogen (secondary N) is 1. The molecule has 0 bridgehead atoms. The summed E-state index contributed by atoms with van der Waals surface area (Å²) in [6.07, 6.45) is 1.84. The normalized spacial score (nSPS) is 15.7. The monoisotopic (exact) mass is 517 g/mol. The second-order valence-electron chi connectivity index (χ2n) is 8.60. The van der Waals surface area contributed by atoms with Crippen LogP contribution in [-0.4, -0.2) is 52.6 Å². The Kier molecular flexibility index (Phi) is 7.73. The molecule has 10 heteroatoms. The number of carbonyl (C=O) groups is 1. The number of nitrogens with zero attached hydrogens (tertiary/aromatic N) is 2. The van der Waals surface area contributed by atoms with E-state index in [9.17, 15) is 17.6 Å². The second-order valence-corrected chi connectivity index (χ2v) is 11.2. The van der Waals surface area contributed by atoms with E-state index in [1.807, 2.05) is 36.5 Å². The zero-order valence-electron chi connectivity index (χ0n) is 19.6. The maximum atomic E-state index is 13.3. The van der Waals surface area contributed by atoms with Crippen molar-refractivity contribution in [2.75, 3.05) is 36.9 Å². The fourth-order valence-corrected chi connectivity index (χ4v) is 5.80. The lowest BCUT2D eigenvalue weighted by Gasteiger charge is -2.28. The number of benzene rings is 2. The summed E-state index contributed by atoms with van der Waals surface area (Å²) in [6.45, 7) is 1.43. The second kappa shape index (κ2) is 10.8. The van der Waals surface area contributed by atoms with Crippen LogP contribution in [0.1, 0.15) is 28.1 Å². The Labute approximate surface area is 209 Å². The van der Waals surface area contributed by atoms with Crippen molar-refractivity contribution in [2.45, 2.75) is 30.4 Å². The van der Waals surface area contributed by atoms with Crippen LogP contribution >= 0.6 is 11.3 Å². The van der Waals surface area contributed by atoms with E-state index in [2.05, 4.69) is 4.72 Å². The molecule has 0 aliphatic carbocycles. The molecule has 0 spiro atoms. The number of rotatable bonds is 9. The molecule has 1 saturated heterocycles. The third-order valence-electron chi connectivity index (χ3n) is 5.77. The number of sulfonamides is 1. The van der Waals surface area contributed by atoms with Crippen LogP contribution in [0.5, 0.6) is 0 Å². The van der Waals surface area contributed by atoms with Crippen molar-refractivity contribution >= 4 is 38.6 Å². The number of amides is 1. The van der Waals surface area contributed by atoms with Gasteiger partial charge in [0.2, 0.25) is 0 Å². The summed E-state index contributed by atoms with van der Waals surface area (Å²) in [4.78, 5) is 17.6. The number of anilines is 2. The van der Waals surface area contributed by atoms with Gasteiger partial charge in [0, 0.05) is 45.2 Å². The predicted octanol–water partition coefficient (Wildman–Crippen LogP) is 4.58. The fourth-order valence-electron chi connectivity index (χ4n) is 4.05. The van der Waals surface area contributed by atoms with Gasteiger partial charge in [-0.25, -0.2) is 12.8 Å². The number of halogens is 1. The molecule has 1 amide bonds. The molecule has 2 aromatic carbocycles. The van der Waals surface area contributed by atoms with E-state index in [0.29, 0.717) is 23.7 Å². The number of hydrogen-bond acceptors (Lipinski definition) is 6. The number of hydrogen-bond donors (Lipinski definition) is 1. The Balaban J connectivity index is 1.63. The van der Waals surface area contributed by atoms with Gasteiger partial charge in [0.1, 0.15) is 5.82 Å². The predicted molar refractivity (Wildman–Crippen MR) is 136 cm³/mol. The summed E-state index contributed by atoms with van der Waals surface area (Å²) in [7, 11) is -0.117. The topological polar surface area (TPSA) is 79.0 Å². The average Bonchev–Trinajstić information content (AvgIpc) is 3.53. The minimum atomic E-state index is -3.91. The Morgan fingerprint density at radius 2 is 1.94 bits per heavy atom. The van der Waals surface area contributed by atoms with Gasteiger partial charge in [0.15, 0.2) is 0 Å². The van der Waals surface area contributed by atoms with Crippen LogP contribution in [0.15, 0.2) is 64.9 Å². The molecule has 1 aliphatic heterocycles. The molecule has 1 atom stereocenters. The minimum absolute atomic E-state index is 0.0260. The van der Waals surface area contributed by atoms with Crippen molar-refractivity contribution in [3.8, 4) is 0 Å². The van der Waals surface area contributed by atoms with Crippen LogP contribution < -0.4 is 9.62 Å². The third kappa shape index (κ3) is 6.19. The van der Waals surface area contributed by atoms with Gasteiger partial charge in [0.25, 0.3) is 15.9 Å². The quantitative estimate of drug-likeness (QED) is 0.450. The van der Waals surface area contributed by atoms with E-state index in [0.717, 1.165) is 36.2 Å². The summed E-state index contributed by atoms with van der Waals surface area (Å²) in [5.41, 5.74) is 2.01. The summed E-state index contributed by atoms with van der Waals surface area (Å²) < 4.78 is 47.3. The molecule has 3 aromatic rings. The summed E-state index contributed by atoms with van der Waals surface area (Å²) >= 11 is 1.39. The van der Waals surface area contributed by atoms with Crippen LogP contribution in [-0.2, 0) is 21.3 Å². The first kappa shape index (κ1) is 25.2. The summed E-state index contributed by atoms with van der Waals surface area (Å²) in [6, 6.07) is 13.5. The number of ether oxygens (including phenoxy) is 1. The maximum Gasteiger partial charge on any atom is 0.264 e. The van der Waals surface area contributed by atoms with Gasteiger partial charge < -0.3 is 14.5 Å². The van der Waals surface area contributed by atoms with E-state index in [4.69, 9.17) is 4.74 Å². The number of thiophene rings is 1. The highest BCUT2D eigenvalue weighted by Gasteiger charge is 2.25. The largest absolute Gasteiger partial charge is 0.377 e. The van der Waals surface area contributed by atoms with Gasteiger partial charge in [0.05, 0.1) is 15.9 Å². The molecule has 1 fully saturated rings. The lowest BCUT2D eigenvalue weighted by molar-refractivity contribution is 0.0511. The summed E-state index contributed by atoms with van der Waals surface area (Å²) in [5, 5.41) is 1.87. The molecular weight excluding hydrogens is 489 g/mol. The van der Waals surface area contributed by atoms with Crippen LogP contribution in [0, 0.1) is 5.82 Å². The van der Waals surface area contributed by atoms with Gasteiger partial charge >= 0.3 is 0 Å². The van der Waals surface area contributed by atoms with E-state index in [1.54, 1.807) is 23.1 Å². The molecule has 186 valence electrons. The van der Waals surface area contributed by atoms with Crippen molar-refractivity contribution in [2.24, 2.45) is 0 Å². The first-order valence-corrected chi connectivity index (χ1v) is 13.6. The Bertz CT molecular complexity index is 1260. The van der Waals surface area contributed by atoms with Gasteiger partial charge in [-0.3, -0.25) is 9.52 Å². The van der Waals surface area contributed by atoms with Crippen LogP contribution in [0.4, 0.5) is 15.8 Å². The van der Waals surface area contributed by atoms with Gasteiger partial charge in [-0.1, -0.05) is 6.07 Å². The van der Waals surface area contributed by atoms with Crippen molar-refractivity contribution in [3.63, 3.8) is 0 Å². The van der Waals surface area contributed by atoms with E-state index in [-0.39, 0.29) is 23.5 Å². The van der Waals surface area contributed by atoms with Crippen LogP contribution in [0.2, 0.25) is 0 Å². The van der Waals surface area contributed by atoms with Crippen molar-refractivity contribution in [1.29, 1.82) is 0 Å². The average molecular weight is 518 g/mol. The smallest absolute Gasteiger partial charge is 0.264 e. The van der Waals surface area contributed by atoms with Crippen molar-refractivity contribution in [1.82, 2.24) is 4.90 Å². The molecule has 7 nitrogen and oxygen atoms in total. The lowest BCUT2D eigenvalue weighted by Crippen LogP contribution is -2.37. The highest BCUT2D eigenvalue weighted by atomic mass is 32.2. The first-order chi connectivity index (χ1) is 16.7. The SMILES string of the molecule is CN(C)c1ccc(NS(=O)(=O)c2ccc(F)cc2)cc1CN(C[C@H]1CCCO1)C(=O)c1cccs1. The lowest BCUT2D eigenvalue weighted by atomic mass is 10.1. The molecule has 0 unspecified atom stereocenters. The molecule has 1 N–H and O–H groups in total. The molecule has 1 aliphatic rings. The van der Waals surface area contributed by atoms with Crippen LogP contribution in [0.3, 0.4) is 0 Å². The van der Waals surface area contributed by atoms with E-state index in [1.165, 1.54) is 23.5 Å². The van der Waals surface area contributed by atoms with Crippen LogP contribution in [0.25, 0.3) is 0 Å². The van der Waals surface area contributed by atoms with E-state index < -0.39 is 15.8 Å². The molecule has 2 heterocycles. The highest BCUT2D eigenvalue weighted by molar-refractivity contribution is 7.92. The standard InChI is InChI=1S/C25H28FN3O4S2/c1-28(2)23-12-9-20(27-35(31,32)22-10-7-19(26)8-11-22)15-18(23)16-29(17-21-5-3-13-33-21)25(30)24-6-4-14-34-24/h4,6-12,14-15,21,27H,3,5,13,16-17H2,1-2H3/t21-/m1/s1.